The van der Waals surface area contributed by atoms with Gasteiger partial charge in [0.05, 0.1) is 28.6 Å². The molecule has 0 aliphatic carbocycles. The van der Waals surface area contributed by atoms with Crippen molar-refractivity contribution in [3.05, 3.63) is 80.1 Å². The molecule has 0 amide bonds. The Morgan fingerprint density at radius 3 is 2.93 bits per heavy atom. The first-order valence-corrected chi connectivity index (χ1v) is 9.06. The van der Waals surface area contributed by atoms with Crippen LogP contribution in [0.4, 0.5) is 0 Å². The average Bonchev–Trinajstić information content (AvgIpc) is 2.69. The lowest BCUT2D eigenvalue weighted by Gasteiger charge is -2.27. The molecule has 134 valence electrons. The zero-order valence-electron chi connectivity index (χ0n) is 14.5. The minimum Gasteiger partial charge on any atom is -0.335 e. The van der Waals surface area contributed by atoms with Gasteiger partial charge in [-0.05, 0) is 36.5 Å². The van der Waals surface area contributed by atoms with E-state index in [1.807, 2.05) is 36.4 Å². The Kier molecular flexibility index (Phi) is 4.67. The number of nitrogens with one attached hydrogen (secondary N) is 2. The number of nitrogens with zero attached hydrogens (tertiary/aromatic N) is 3. The van der Waals surface area contributed by atoms with Crippen LogP contribution < -0.4 is 5.56 Å². The predicted molar refractivity (Wildman–Crippen MR) is 104 cm³/mol. The topological polar surface area (TPSA) is 88.6 Å². The molecule has 4 rings (SSSR count). The van der Waals surface area contributed by atoms with Gasteiger partial charge in [0.1, 0.15) is 0 Å². The molecule has 0 spiro atoms. The first kappa shape index (κ1) is 17.3. The van der Waals surface area contributed by atoms with Crippen LogP contribution in [-0.2, 0) is 19.5 Å². The summed E-state index contributed by atoms with van der Waals surface area (Å²) in [5, 5.41) is 9.09. The number of H-pyrrole nitrogens is 2. The fraction of sp³-hybridized carbons (Fsp3) is 0.200. The molecular weight excluding hydrogens is 358 g/mol. The highest BCUT2D eigenvalue weighted by atomic mass is 32.1. The first-order valence-electron chi connectivity index (χ1n) is 8.65. The second kappa shape index (κ2) is 7.27. The van der Waals surface area contributed by atoms with E-state index in [1.54, 1.807) is 6.07 Å². The summed E-state index contributed by atoms with van der Waals surface area (Å²) >= 11 is 5.04. The van der Waals surface area contributed by atoms with Gasteiger partial charge < -0.3 is 4.98 Å². The van der Waals surface area contributed by atoms with Crippen LogP contribution in [-0.4, -0.2) is 26.4 Å². The number of rotatable bonds is 3. The van der Waals surface area contributed by atoms with Gasteiger partial charge in [0.2, 0.25) is 0 Å². The summed E-state index contributed by atoms with van der Waals surface area (Å²) in [6, 6.07) is 15.5. The molecule has 0 saturated carbocycles. The predicted octanol–water partition coefficient (Wildman–Crippen LogP) is 2.92. The lowest BCUT2D eigenvalue weighted by Crippen LogP contribution is -2.35. The molecule has 2 N–H and O–H groups in total. The molecule has 0 bridgehead atoms. The van der Waals surface area contributed by atoms with Crippen LogP contribution in [0.1, 0.15) is 22.5 Å². The molecule has 0 unspecified atom stereocenters. The minimum atomic E-state index is -0.117. The molecule has 0 saturated heterocycles. The van der Waals surface area contributed by atoms with Crippen LogP contribution in [0.15, 0.2) is 47.3 Å². The largest absolute Gasteiger partial charge is 0.335 e. The van der Waals surface area contributed by atoms with Crippen molar-refractivity contribution in [3.8, 4) is 17.3 Å². The fourth-order valence-corrected chi connectivity index (χ4v) is 3.57. The van der Waals surface area contributed by atoms with Crippen molar-refractivity contribution < 1.29 is 0 Å². The van der Waals surface area contributed by atoms with Crippen LogP contribution in [0.25, 0.3) is 11.3 Å². The summed E-state index contributed by atoms with van der Waals surface area (Å²) in [7, 11) is 0. The number of pyridine rings is 1. The third kappa shape index (κ3) is 3.72. The van der Waals surface area contributed by atoms with E-state index >= 15 is 0 Å². The summed E-state index contributed by atoms with van der Waals surface area (Å²) < 4.78 is 0.376. The summed E-state index contributed by atoms with van der Waals surface area (Å²) in [4.78, 5) is 24.9. The number of nitriles is 1. The van der Waals surface area contributed by atoms with E-state index in [0.29, 0.717) is 23.4 Å². The van der Waals surface area contributed by atoms with Crippen LogP contribution in [0.3, 0.4) is 0 Å². The molecule has 1 aromatic carbocycles. The van der Waals surface area contributed by atoms with Gasteiger partial charge in [-0.3, -0.25) is 19.7 Å². The molecule has 27 heavy (non-hydrogen) atoms. The molecule has 0 radical (unpaired) electrons. The Bertz CT molecular complexity index is 1160. The normalized spacial score (nSPS) is 13.7. The van der Waals surface area contributed by atoms with Crippen molar-refractivity contribution in [2.75, 3.05) is 6.54 Å². The van der Waals surface area contributed by atoms with Crippen molar-refractivity contribution >= 4 is 12.2 Å². The van der Waals surface area contributed by atoms with Gasteiger partial charge in [-0.25, -0.2) is 0 Å². The number of benzene rings is 1. The van der Waals surface area contributed by atoms with E-state index in [9.17, 15) is 4.79 Å². The van der Waals surface area contributed by atoms with E-state index in [4.69, 9.17) is 22.5 Å². The lowest BCUT2D eigenvalue weighted by atomic mass is 10.1. The van der Waals surface area contributed by atoms with Gasteiger partial charge in [-0.15, -0.1) is 0 Å². The molecule has 7 heteroatoms. The second-order valence-corrected chi connectivity index (χ2v) is 6.94. The zero-order chi connectivity index (χ0) is 18.8. The van der Waals surface area contributed by atoms with E-state index in [2.05, 4.69) is 20.9 Å². The maximum Gasteiger partial charge on any atom is 0.256 e. The Balaban J connectivity index is 1.56. The summed E-state index contributed by atoms with van der Waals surface area (Å²) in [5.41, 5.74) is 4.85. The van der Waals surface area contributed by atoms with Crippen LogP contribution in [0.5, 0.6) is 0 Å². The lowest BCUT2D eigenvalue weighted by molar-refractivity contribution is 0.239. The SMILES string of the molecule is N#Cc1cccc(-c2cccc(CN3CCc4[nH]c(=S)[nH]c(=O)c4C3)n2)c1. The monoisotopic (exact) mass is 375 g/mol. The molecule has 1 aliphatic heterocycles. The standard InChI is InChI=1S/C20H17N5OS/c21-10-13-3-1-4-14(9-13)17-6-2-5-15(22-17)11-25-8-7-18-16(12-25)19(26)24-20(27)23-18/h1-6,9H,7-8,11-12H2,(H2,23,24,26,27). The summed E-state index contributed by atoms with van der Waals surface area (Å²) in [5.74, 6) is 0. The van der Waals surface area contributed by atoms with Crippen LogP contribution in [0.2, 0.25) is 0 Å². The van der Waals surface area contributed by atoms with Gasteiger partial charge in [0.25, 0.3) is 5.56 Å². The van der Waals surface area contributed by atoms with Crippen molar-refractivity contribution in [1.82, 2.24) is 19.9 Å². The van der Waals surface area contributed by atoms with Gasteiger partial charge in [-0.1, -0.05) is 18.2 Å². The second-order valence-electron chi connectivity index (χ2n) is 6.53. The highest BCUT2D eigenvalue weighted by Crippen LogP contribution is 2.20. The van der Waals surface area contributed by atoms with Gasteiger partial charge in [0.15, 0.2) is 4.77 Å². The molecule has 3 heterocycles. The highest BCUT2D eigenvalue weighted by molar-refractivity contribution is 7.71. The van der Waals surface area contributed by atoms with Gasteiger partial charge >= 0.3 is 0 Å². The molecule has 0 fully saturated rings. The number of hydrogen-bond acceptors (Lipinski definition) is 5. The minimum absolute atomic E-state index is 0.117. The average molecular weight is 375 g/mol. The number of aromatic amines is 2. The van der Waals surface area contributed by atoms with Crippen molar-refractivity contribution in [3.63, 3.8) is 0 Å². The van der Waals surface area contributed by atoms with Crippen molar-refractivity contribution in [1.29, 1.82) is 5.26 Å². The molecule has 3 aromatic rings. The molecule has 1 aliphatic rings. The third-order valence-electron chi connectivity index (χ3n) is 4.67. The van der Waals surface area contributed by atoms with E-state index in [0.717, 1.165) is 41.2 Å². The highest BCUT2D eigenvalue weighted by Gasteiger charge is 2.20. The number of hydrogen-bond donors (Lipinski definition) is 2. The summed E-state index contributed by atoms with van der Waals surface area (Å²) in [6.45, 7) is 2.05. The Labute approximate surface area is 161 Å². The molecule has 6 nitrogen and oxygen atoms in total. The van der Waals surface area contributed by atoms with E-state index in [-0.39, 0.29) is 5.56 Å². The Hall–Kier alpha value is -3.08. The molecular formula is C20H17N5OS. The number of fused-ring (bicyclic) bond motifs is 1. The van der Waals surface area contributed by atoms with Gasteiger partial charge in [-0.2, -0.15) is 5.26 Å². The smallest absolute Gasteiger partial charge is 0.256 e. The summed E-state index contributed by atoms with van der Waals surface area (Å²) in [6.07, 6.45) is 0.757. The van der Waals surface area contributed by atoms with Gasteiger partial charge in [0, 0.05) is 37.3 Å². The Morgan fingerprint density at radius 1 is 1.22 bits per heavy atom. The third-order valence-corrected chi connectivity index (χ3v) is 4.87. The molecule has 2 aromatic heterocycles. The fourth-order valence-electron chi connectivity index (χ4n) is 3.35. The van der Waals surface area contributed by atoms with Crippen molar-refractivity contribution in [2.45, 2.75) is 19.5 Å². The van der Waals surface area contributed by atoms with Crippen molar-refractivity contribution in [2.24, 2.45) is 0 Å². The van der Waals surface area contributed by atoms with Crippen LogP contribution >= 0.6 is 12.2 Å². The maximum atomic E-state index is 12.2. The Morgan fingerprint density at radius 2 is 2.07 bits per heavy atom. The van der Waals surface area contributed by atoms with Crippen LogP contribution in [0, 0.1) is 16.1 Å². The van der Waals surface area contributed by atoms with E-state index < -0.39 is 0 Å². The maximum absolute atomic E-state index is 12.2. The zero-order valence-corrected chi connectivity index (χ0v) is 15.3. The first-order chi connectivity index (χ1) is 13.1. The van der Waals surface area contributed by atoms with E-state index in [1.165, 1.54) is 0 Å². The number of aromatic nitrogens is 3. The quantitative estimate of drug-likeness (QED) is 0.687. The molecule has 0 atom stereocenters.